The molecule has 40 heavy (non-hydrogen) atoms. The van der Waals surface area contributed by atoms with Crippen LogP contribution >= 0.6 is 11.8 Å². The molecule has 2 saturated heterocycles. The van der Waals surface area contributed by atoms with Gasteiger partial charge in [-0.25, -0.2) is 22.7 Å². The van der Waals surface area contributed by atoms with Gasteiger partial charge in [0.05, 0.1) is 24.8 Å². The Morgan fingerprint density at radius 2 is 1.95 bits per heavy atom. The van der Waals surface area contributed by atoms with Crippen LogP contribution in [-0.2, 0) is 6.54 Å². The highest BCUT2D eigenvalue weighted by atomic mass is 32.2. The summed E-state index contributed by atoms with van der Waals surface area (Å²) >= 11 is 1.48. The van der Waals surface area contributed by atoms with Crippen LogP contribution in [0.25, 0.3) is 5.65 Å². The number of alkyl halides is 1. The molecule has 0 aliphatic carbocycles. The number of imidazole rings is 1. The Kier molecular flexibility index (Phi) is 7.05. The van der Waals surface area contributed by atoms with Crippen LogP contribution in [0.1, 0.15) is 34.1 Å². The monoisotopic (exact) mass is 568 g/mol. The molecule has 0 spiro atoms. The summed E-state index contributed by atoms with van der Waals surface area (Å²) in [5.41, 5.74) is 2.22. The average molecular weight is 569 g/mol. The van der Waals surface area contributed by atoms with Crippen molar-refractivity contribution in [2.24, 2.45) is 0 Å². The number of thioether (sulfide) groups is 1. The van der Waals surface area contributed by atoms with Crippen molar-refractivity contribution in [3.63, 3.8) is 0 Å². The molecule has 2 aliphatic rings. The van der Waals surface area contributed by atoms with Crippen LogP contribution < -0.4 is 10.2 Å². The van der Waals surface area contributed by atoms with Gasteiger partial charge in [0, 0.05) is 31.0 Å². The van der Waals surface area contributed by atoms with Crippen molar-refractivity contribution < 1.29 is 23.1 Å². The van der Waals surface area contributed by atoms with Crippen molar-refractivity contribution in [1.29, 1.82) is 0 Å². The molecule has 2 aromatic heterocycles. The van der Waals surface area contributed by atoms with Gasteiger partial charge >= 0.3 is 0 Å². The van der Waals surface area contributed by atoms with E-state index in [-0.39, 0.29) is 42.2 Å². The number of hydrogen-bond acceptors (Lipinski definition) is 7. The quantitative estimate of drug-likeness (QED) is 0.321. The van der Waals surface area contributed by atoms with Crippen molar-refractivity contribution in [3.05, 3.63) is 83.2 Å². The van der Waals surface area contributed by atoms with Crippen molar-refractivity contribution >= 4 is 29.1 Å². The van der Waals surface area contributed by atoms with E-state index in [0.29, 0.717) is 36.7 Å². The van der Waals surface area contributed by atoms with E-state index < -0.39 is 18.0 Å². The number of likely N-dealkylation sites (tertiary alicyclic amines) is 1. The van der Waals surface area contributed by atoms with Crippen molar-refractivity contribution in [2.75, 3.05) is 30.8 Å². The third-order valence-corrected chi connectivity index (χ3v) is 8.20. The average Bonchev–Trinajstić information content (AvgIpc) is 3.52. The number of rotatable bonds is 7. The van der Waals surface area contributed by atoms with E-state index in [0.717, 1.165) is 10.5 Å². The van der Waals surface area contributed by atoms with E-state index in [4.69, 9.17) is 0 Å². The highest BCUT2D eigenvalue weighted by molar-refractivity contribution is 7.98. The number of amides is 1. The number of aromatic hydroxyl groups is 1. The van der Waals surface area contributed by atoms with Gasteiger partial charge in [-0.1, -0.05) is 6.07 Å². The minimum absolute atomic E-state index is 0.0940. The first-order valence-corrected chi connectivity index (χ1v) is 14.1. The van der Waals surface area contributed by atoms with E-state index in [1.807, 2.05) is 11.2 Å². The topological polar surface area (TPSA) is 86.0 Å². The Labute approximate surface area is 232 Å². The number of carbonyl (C=O) groups is 1. The summed E-state index contributed by atoms with van der Waals surface area (Å²) in [6, 6.07) is 11.8. The first kappa shape index (κ1) is 26.5. The number of hydrogen-bond donors (Lipinski definition) is 2. The van der Waals surface area contributed by atoms with Gasteiger partial charge in [-0.15, -0.1) is 16.9 Å². The number of fused-ring (bicyclic) bond motifs is 1. The molecule has 208 valence electrons. The summed E-state index contributed by atoms with van der Waals surface area (Å²) in [6.45, 7) is 1.82. The predicted octanol–water partition coefficient (Wildman–Crippen LogP) is 4.34. The lowest BCUT2D eigenvalue weighted by molar-refractivity contribution is 0.0788. The van der Waals surface area contributed by atoms with E-state index >= 15 is 0 Å². The van der Waals surface area contributed by atoms with Crippen molar-refractivity contribution in [1.82, 2.24) is 24.8 Å². The summed E-state index contributed by atoms with van der Waals surface area (Å²) in [4.78, 5) is 22.2. The first-order chi connectivity index (χ1) is 19.3. The molecule has 8 nitrogen and oxygen atoms in total. The molecule has 2 N–H and O–H groups in total. The summed E-state index contributed by atoms with van der Waals surface area (Å²) < 4.78 is 43.6. The van der Waals surface area contributed by atoms with Crippen LogP contribution in [0.2, 0.25) is 0 Å². The molecule has 12 heteroatoms. The molecule has 4 heterocycles. The second-order valence-corrected chi connectivity index (χ2v) is 11.0. The lowest BCUT2D eigenvalue weighted by Gasteiger charge is -2.39. The highest BCUT2D eigenvalue weighted by Gasteiger charge is 2.36. The van der Waals surface area contributed by atoms with Gasteiger partial charge < -0.3 is 15.3 Å². The summed E-state index contributed by atoms with van der Waals surface area (Å²) in [7, 11) is 0. The maximum atomic E-state index is 14.7. The van der Waals surface area contributed by atoms with Gasteiger partial charge in [0.25, 0.3) is 5.91 Å². The van der Waals surface area contributed by atoms with Gasteiger partial charge in [-0.05, 0) is 59.8 Å². The molecule has 2 aliphatic heterocycles. The fourth-order valence-electron chi connectivity index (χ4n) is 5.43. The summed E-state index contributed by atoms with van der Waals surface area (Å²) in [5, 5.41) is 17.2. The third kappa shape index (κ3) is 5.08. The van der Waals surface area contributed by atoms with Gasteiger partial charge in [0.1, 0.15) is 17.8 Å². The molecule has 1 unspecified atom stereocenters. The van der Waals surface area contributed by atoms with E-state index in [2.05, 4.69) is 20.3 Å². The van der Waals surface area contributed by atoms with Crippen molar-refractivity contribution in [3.8, 4) is 5.75 Å². The second-order valence-electron chi connectivity index (χ2n) is 10.1. The van der Waals surface area contributed by atoms with Crippen LogP contribution in [0.3, 0.4) is 0 Å². The maximum absolute atomic E-state index is 14.7. The molecule has 0 saturated carbocycles. The molecule has 2 aromatic carbocycles. The number of carbonyl (C=O) groups excluding carboxylic acids is 1. The number of anilines is 1. The van der Waals surface area contributed by atoms with Gasteiger partial charge in [0.2, 0.25) is 0 Å². The molecule has 2 fully saturated rings. The Morgan fingerprint density at radius 1 is 1.12 bits per heavy atom. The number of phenols is 1. The molecule has 0 bridgehead atoms. The number of halogens is 3. The molecule has 2 atom stereocenters. The number of benzene rings is 2. The standard InChI is InChI=1S/C28H27F3N6O2S/c1-40-25-5-3-17(29)9-20(25)22-10-18(30)13-36(22)27-7-6-26-32-11-23(37(26)34-27)28(39)33-19-14-35(15-19)12-16-2-4-21(31)24(38)8-16/h2-9,11,18-19,22,38H,10,12-15H2,1H3,(H,33,39)/t18-,22?/m0/s1. The Balaban J connectivity index is 1.17. The third-order valence-electron chi connectivity index (χ3n) is 7.39. The zero-order chi connectivity index (χ0) is 28.0. The van der Waals surface area contributed by atoms with Crippen LogP contribution in [0.5, 0.6) is 5.75 Å². The molecule has 0 radical (unpaired) electrons. The number of nitrogens with zero attached hydrogens (tertiary/aromatic N) is 5. The van der Waals surface area contributed by atoms with Gasteiger partial charge in [-0.2, -0.15) is 0 Å². The number of aromatic nitrogens is 3. The Bertz CT molecular complexity index is 1580. The minimum Gasteiger partial charge on any atom is -0.505 e. The smallest absolute Gasteiger partial charge is 0.271 e. The Hall–Kier alpha value is -3.77. The predicted molar refractivity (Wildman–Crippen MR) is 145 cm³/mol. The fraction of sp³-hybridized carbons (Fsp3) is 0.321. The fourth-order valence-corrected chi connectivity index (χ4v) is 6.07. The minimum atomic E-state index is -1.11. The van der Waals surface area contributed by atoms with Crippen molar-refractivity contribution in [2.45, 2.75) is 36.1 Å². The Morgan fingerprint density at radius 3 is 2.73 bits per heavy atom. The molecule has 4 aromatic rings. The van der Waals surface area contributed by atoms with Gasteiger partial charge in [0.15, 0.2) is 22.9 Å². The maximum Gasteiger partial charge on any atom is 0.271 e. The summed E-state index contributed by atoms with van der Waals surface area (Å²) in [5.74, 6) is -1.29. The SMILES string of the molecule is CSc1ccc(F)cc1C1C[C@H](F)CN1c1ccc2ncc(C(=O)NC3CN(Cc4ccc(F)c(O)c4)C3)n2n1. The zero-order valence-corrected chi connectivity index (χ0v) is 22.4. The molecule has 6 rings (SSSR count). The van der Waals surface area contributed by atoms with Crippen LogP contribution in [0.4, 0.5) is 19.0 Å². The van der Waals surface area contributed by atoms with E-state index in [1.165, 1.54) is 46.7 Å². The molecule has 1 amide bonds. The normalized spacial score (nSPS) is 19.8. The lowest BCUT2D eigenvalue weighted by atomic mass is 10.0. The number of phenolic OH excluding ortho intramolecular Hbond substituents is 1. The molecular weight excluding hydrogens is 541 g/mol. The summed E-state index contributed by atoms with van der Waals surface area (Å²) in [6.07, 6.45) is 2.46. The first-order valence-electron chi connectivity index (χ1n) is 12.9. The largest absolute Gasteiger partial charge is 0.505 e. The van der Waals surface area contributed by atoms with E-state index in [9.17, 15) is 23.1 Å². The van der Waals surface area contributed by atoms with Crippen LogP contribution in [0.15, 0.2) is 59.6 Å². The van der Waals surface area contributed by atoms with Gasteiger partial charge in [-0.3, -0.25) is 9.69 Å². The zero-order valence-electron chi connectivity index (χ0n) is 21.6. The van der Waals surface area contributed by atoms with E-state index in [1.54, 1.807) is 24.3 Å². The number of nitrogens with one attached hydrogen (secondary N) is 1. The highest BCUT2D eigenvalue weighted by Crippen LogP contribution is 2.40. The lowest BCUT2D eigenvalue weighted by Crippen LogP contribution is -2.58. The van der Waals surface area contributed by atoms with Crippen LogP contribution in [0, 0.1) is 11.6 Å². The second kappa shape index (κ2) is 10.7. The molecular formula is C28H27F3N6O2S. The van der Waals surface area contributed by atoms with Crippen LogP contribution in [-0.4, -0.2) is 68.6 Å².